The fourth-order valence-corrected chi connectivity index (χ4v) is 0.854. The summed E-state index contributed by atoms with van der Waals surface area (Å²) in [5, 5.41) is 8.56. The molecule has 0 fully saturated rings. The number of hydrogen-bond acceptors (Lipinski definition) is 2. The Labute approximate surface area is 67.8 Å². The summed E-state index contributed by atoms with van der Waals surface area (Å²) >= 11 is 0. The van der Waals surface area contributed by atoms with Gasteiger partial charge in [0.2, 0.25) is 0 Å². The van der Waals surface area contributed by atoms with E-state index >= 15 is 0 Å². The summed E-state index contributed by atoms with van der Waals surface area (Å²) in [6, 6.07) is 0. The third kappa shape index (κ3) is 4.14. The minimum Gasteiger partial charge on any atom is -0.366 e. The van der Waals surface area contributed by atoms with Gasteiger partial charge in [-0.1, -0.05) is 18.7 Å². The van der Waals surface area contributed by atoms with E-state index in [1.165, 1.54) is 5.70 Å². The summed E-state index contributed by atoms with van der Waals surface area (Å²) in [6.07, 6.45) is 10.3. The molecule has 1 aliphatic rings. The van der Waals surface area contributed by atoms with Gasteiger partial charge in [0, 0.05) is 5.70 Å². The number of nitrogens with one attached hydrogen (secondary N) is 2. The van der Waals surface area contributed by atoms with Crippen LogP contribution in [0.1, 0.15) is 12.8 Å². The second kappa shape index (κ2) is 6.81. The van der Waals surface area contributed by atoms with Gasteiger partial charge in [-0.3, -0.25) is 0 Å². The highest BCUT2D eigenvalue weighted by Crippen LogP contribution is 2.07. The van der Waals surface area contributed by atoms with Gasteiger partial charge in [-0.2, -0.15) is 0 Å². The van der Waals surface area contributed by atoms with Crippen LogP contribution in [-0.2, 0) is 0 Å². The van der Waals surface area contributed by atoms with Crippen molar-refractivity contribution in [2.75, 3.05) is 0 Å². The van der Waals surface area contributed by atoms with Crippen molar-refractivity contribution in [2.24, 2.45) is 0 Å². The Morgan fingerprint density at radius 2 is 2.27 bits per heavy atom. The zero-order chi connectivity index (χ0) is 8.53. The van der Waals surface area contributed by atoms with Crippen molar-refractivity contribution < 1.29 is 0 Å². The molecule has 0 bridgehead atoms. The second-order valence-electron chi connectivity index (χ2n) is 2.01. The molecule has 1 aliphatic carbocycles. The summed E-state index contributed by atoms with van der Waals surface area (Å²) in [4.78, 5) is 0. The lowest BCUT2D eigenvalue weighted by Gasteiger charge is -2.06. The molecule has 2 heteroatoms. The average Bonchev–Trinajstić information content (AvgIpc) is 2.11. The summed E-state index contributed by atoms with van der Waals surface area (Å²) in [7, 11) is 0. The minimum absolute atomic E-state index is 1.11. The molecule has 0 unspecified atom stereocenters. The van der Waals surface area contributed by atoms with Gasteiger partial charge in [-0.25, -0.2) is 0 Å². The van der Waals surface area contributed by atoms with Crippen LogP contribution in [0.25, 0.3) is 0 Å². The summed E-state index contributed by atoms with van der Waals surface area (Å²) in [6.45, 7) is 6.08. The van der Waals surface area contributed by atoms with E-state index in [-0.39, 0.29) is 0 Å². The normalized spacial score (nSPS) is 14.0. The average molecular weight is 150 g/mol. The molecule has 60 valence electrons. The first-order valence-corrected chi connectivity index (χ1v) is 3.52. The second-order valence-corrected chi connectivity index (χ2v) is 2.01. The van der Waals surface area contributed by atoms with Gasteiger partial charge < -0.3 is 10.7 Å². The molecule has 0 amide bonds. The van der Waals surface area contributed by atoms with Gasteiger partial charge in [0.25, 0.3) is 0 Å². The first-order valence-electron chi connectivity index (χ1n) is 3.52. The SMILES string of the molecule is C=CNC1=CC=CCC1.C=N. The van der Waals surface area contributed by atoms with E-state index in [1.807, 2.05) is 0 Å². The van der Waals surface area contributed by atoms with E-state index in [0.29, 0.717) is 0 Å². The number of rotatable bonds is 2. The summed E-state index contributed by atoms with van der Waals surface area (Å²) < 4.78 is 0. The highest BCUT2D eigenvalue weighted by molar-refractivity contribution is 5.17. The van der Waals surface area contributed by atoms with Gasteiger partial charge in [0.15, 0.2) is 0 Å². The monoisotopic (exact) mass is 150 g/mol. The molecule has 2 N–H and O–H groups in total. The molecule has 11 heavy (non-hydrogen) atoms. The van der Waals surface area contributed by atoms with Crippen LogP contribution in [0.5, 0.6) is 0 Å². The zero-order valence-electron chi connectivity index (χ0n) is 6.64. The molecule has 0 aromatic rings. The van der Waals surface area contributed by atoms with Crippen LogP contribution in [0, 0.1) is 5.41 Å². The lowest BCUT2D eigenvalue weighted by Crippen LogP contribution is -2.04. The molecular weight excluding hydrogens is 136 g/mol. The Hall–Kier alpha value is -1.31. The van der Waals surface area contributed by atoms with Gasteiger partial charge in [0.1, 0.15) is 0 Å². The Balaban J connectivity index is 0.000000461. The van der Waals surface area contributed by atoms with Crippen molar-refractivity contribution >= 4 is 6.72 Å². The molecule has 0 spiro atoms. The Kier molecular flexibility index (Phi) is 5.99. The van der Waals surface area contributed by atoms with Crippen molar-refractivity contribution in [1.29, 1.82) is 5.41 Å². The van der Waals surface area contributed by atoms with Gasteiger partial charge in [0.05, 0.1) is 0 Å². The van der Waals surface area contributed by atoms with Crippen LogP contribution < -0.4 is 5.32 Å². The first-order chi connectivity index (χ1) is 5.43. The molecule has 0 aromatic carbocycles. The van der Waals surface area contributed by atoms with Gasteiger partial charge in [-0.05, 0) is 31.8 Å². The lowest BCUT2D eigenvalue weighted by molar-refractivity contribution is 0.871. The van der Waals surface area contributed by atoms with Crippen molar-refractivity contribution in [3.05, 3.63) is 36.7 Å². The van der Waals surface area contributed by atoms with Crippen LogP contribution in [0.15, 0.2) is 36.7 Å². The van der Waals surface area contributed by atoms with Crippen LogP contribution in [0.2, 0.25) is 0 Å². The van der Waals surface area contributed by atoms with Crippen molar-refractivity contribution in [3.63, 3.8) is 0 Å². The Bertz CT molecular complexity index is 168. The largest absolute Gasteiger partial charge is 0.366 e. The highest BCUT2D eigenvalue weighted by atomic mass is 14.8. The van der Waals surface area contributed by atoms with Crippen molar-refractivity contribution in [1.82, 2.24) is 5.32 Å². The van der Waals surface area contributed by atoms with E-state index in [1.54, 1.807) is 6.20 Å². The van der Waals surface area contributed by atoms with Crippen LogP contribution >= 0.6 is 0 Å². The summed E-state index contributed by atoms with van der Waals surface area (Å²) in [5.41, 5.74) is 1.26. The zero-order valence-corrected chi connectivity index (χ0v) is 6.64. The van der Waals surface area contributed by atoms with E-state index in [0.717, 1.165) is 12.8 Å². The molecule has 0 saturated carbocycles. The fourth-order valence-electron chi connectivity index (χ4n) is 0.854. The molecule has 0 atom stereocenters. The lowest BCUT2D eigenvalue weighted by atomic mass is 10.1. The fraction of sp³-hybridized carbons (Fsp3) is 0.222. The third-order valence-corrected chi connectivity index (χ3v) is 1.30. The number of allylic oxidation sites excluding steroid dienone is 4. The van der Waals surface area contributed by atoms with Crippen molar-refractivity contribution in [2.45, 2.75) is 12.8 Å². The predicted octanol–water partition coefficient (Wildman–Crippen LogP) is 2.22. The molecule has 0 aromatic heterocycles. The maximum atomic E-state index is 5.50. The molecule has 2 nitrogen and oxygen atoms in total. The standard InChI is InChI=1S/C8H11N.CH3N/c1-2-9-8-6-4-3-5-7-8;1-2/h2-4,6,9H,1,5,7H2;2H,1H2. The van der Waals surface area contributed by atoms with E-state index in [4.69, 9.17) is 5.41 Å². The topological polar surface area (TPSA) is 35.9 Å². The first kappa shape index (κ1) is 9.69. The predicted molar refractivity (Wildman–Crippen MR) is 49.6 cm³/mol. The Morgan fingerprint density at radius 1 is 1.55 bits per heavy atom. The maximum absolute atomic E-state index is 5.50. The molecule has 0 aliphatic heterocycles. The molecule has 0 saturated heterocycles. The number of hydrogen-bond donors (Lipinski definition) is 2. The van der Waals surface area contributed by atoms with Crippen LogP contribution in [-0.4, -0.2) is 6.72 Å². The maximum Gasteiger partial charge on any atom is 0.0149 e. The van der Waals surface area contributed by atoms with Crippen molar-refractivity contribution in [3.8, 4) is 0 Å². The molecule has 0 heterocycles. The molecular formula is C9H14N2. The quantitative estimate of drug-likeness (QED) is 0.582. The minimum atomic E-state index is 1.11. The van der Waals surface area contributed by atoms with E-state index < -0.39 is 0 Å². The molecule has 0 radical (unpaired) electrons. The highest BCUT2D eigenvalue weighted by Gasteiger charge is 1.93. The van der Waals surface area contributed by atoms with Crippen LogP contribution in [0.4, 0.5) is 0 Å². The van der Waals surface area contributed by atoms with Gasteiger partial charge in [-0.15, -0.1) is 0 Å². The molecule has 1 rings (SSSR count). The summed E-state index contributed by atoms with van der Waals surface area (Å²) in [5.74, 6) is 0. The van der Waals surface area contributed by atoms with E-state index in [9.17, 15) is 0 Å². The smallest absolute Gasteiger partial charge is 0.0149 e. The van der Waals surface area contributed by atoms with Gasteiger partial charge >= 0.3 is 0 Å². The van der Waals surface area contributed by atoms with Crippen LogP contribution in [0.3, 0.4) is 0 Å². The third-order valence-electron chi connectivity index (χ3n) is 1.30. The Morgan fingerprint density at radius 3 is 2.73 bits per heavy atom. The van der Waals surface area contributed by atoms with E-state index in [2.05, 4.69) is 36.8 Å².